The molecule has 2 aromatic carbocycles. The molecule has 0 unspecified atom stereocenters. The van der Waals surface area contributed by atoms with Gasteiger partial charge < -0.3 is 5.32 Å². The largest absolute Gasteiger partial charge is 0.384 e. The number of nitrogens with zero attached hydrogens (tertiary/aromatic N) is 2. The monoisotopic (exact) mass is 261 g/mol. The maximum absolute atomic E-state index is 4.46. The van der Waals surface area contributed by atoms with Gasteiger partial charge in [0.15, 0.2) is 0 Å². The fourth-order valence-corrected chi connectivity index (χ4v) is 2.76. The summed E-state index contributed by atoms with van der Waals surface area (Å²) in [5, 5.41) is 7.85. The molecule has 0 atom stereocenters. The SMILES string of the molecule is c1ccc(-n2nccc2-c2ccc3c(c2)CCN3)cc1. The lowest BCUT2D eigenvalue weighted by Crippen LogP contribution is -1.98. The second-order valence-electron chi connectivity index (χ2n) is 5.01. The molecule has 4 rings (SSSR count). The highest BCUT2D eigenvalue weighted by molar-refractivity contribution is 5.69. The van der Waals surface area contributed by atoms with Gasteiger partial charge in [0, 0.05) is 17.8 Å². The molecule has 0 aliphatic carbocycles. The molecule has 0 bridgehead atoms. The van der Waals surface area contributed by atoms with Crippen molar-refractivity contribution < 1.29 is 0 Å². The van der Waals surface area contributed by atoms with E-state index in [0.29, 0.717) is 0 Å². The van der Waals surface area contributed by atoms with E-state index in [0.717, 1.165) is 24.3 Å². The number of nitrogens with one attached hydrogen (secondary N) is 1. The molecule has 98 valence electrons. The van der Waals surface area contributed by atoms with Crippen LogP contribution in [0.1, 0.15) is 5.56 Å². The molecular weight excluding hydrogens is 246 g/mol. The van der Waals surface area contributed by atoms with Crippen molar-refractivity contribution >= 4 is 5.69 Å². The number of hydrogen-bond acceptors (Lipinski definition) is 2. The van der Waals surface area contributed by atoms with E-state index in [4.69, 9.17) is 0 Å². The quantitative estimate of drug-likeness (QED) is 0.765. The zero-order valence-electron chi connectivity index (χ0n) is 11.1. The van der Waals surface area contributed by atoms with E-state index in [1.165, 1.54) is 16.8 Å². The molecule has 0 saturated heterocycles. The number of hydrogen-bond donors (Lipinski definition) is 1. The molecule has 1 N–H and O–H groups in total. The number of anilines is 1. The van der Waals surface area contributed by atoms with Crippen molar-refractivity contribution in [3.63, 3.8) is 0 Å². The van der Waals surface area contributed by atoms with E-state index < -0.39 is 0 Å². The molecule has 0 radical (unpaired) electrons. The molecule has 0 amide bonds. The van der Waals surface area contributed by atoms with Crippen molar-refractivity contribution in [2.75, 3.05) is 11.9 Å². The average Bonchev–Trinajstić information content (AvgIpc) is 3.16. The van der Waals surface area contributed by atoms with Crippen molar-refractivity contribution in [3.8, 4) is 16.9 Å². The van der Waals surface area contributed by atoms with Crippen molar-refractivity contribution in [3.05, 3.63) is 66.4 Å². The van der Waals surface area contributed by atoms with Crippen LogP contribution in [-0.4, -0.2) is 16.3 Å². The van der Waals surface area contributed by atoms with Gasteiger partial charge in [-0.05, 0) is 42.3 Å². The first-order valence-electron chi connectivity index (χ1n) is 6.88. The Morgan fingerprint density at radius 1 is 1.00 bits per heavy atom. The molecule has 0 fully saturated rings. The molecule has 0 saturated carbocycles. The lowest BCUT2D eigenvalue weighted by molar-refractivity contribution is 0.888. The summed E-state index contributed by atoms with van der Waals surface area (Å²) < 4.78 is 1.99. The first-order valence-corrected chi connectivity index (χ1v) is 6.88. The lowest BCUT2D eigenvalue weighted by Gasteiger charge is -2.09. The normalized spacial score (nSPS) is 13.0. The summed E-state index contributed by atoms with van der Waals surface area (Å²) in [7, 11) is 0. The number of rotatable bonds is 2. The van der Waals surface area contributed by atoms with Crippen molar-refractivity contribution in [2.24, 2.45) is 0 Å². The van der Waals surface area contributed by atoms with Crippen LogP contribution in [0.5, 0.6) is 0 Å². The Labute approximate surface area is 117 Å². The number of aromatic nitrogens is 2. The Kier molecular flexibility index (Phi) is 2.56. The van der Waals surface area contributed by atoms with Crippen LogP contribution in [0.15, 0.2) is 60.8 Å². The fraction of sp³-hybridized carbons (Fsp3) is 0.118. The van der Waals surface area contributed by atoms with Gasteiger partial charge in [0.05, 0.1) is 17.6 Å². The highest BCUT2D eigenvalue weighted by Crippen LogP contribution is 2.29. The molecule has 1 aliphatic heterocycles. The minimum Gasteiger partial charge on any atom is -0.384 e. The molecule has 20 heavy (non-hydrogen) atoms. The highest BCUT2D eigenvalue weighted by atomic mass is 15.3. The third-order valence-electron chi connectivity index (χ3n) is 3.75. The van der Waals surface area contributed by atoms with Gasteiger partial charge in [0.2, 0.25) is 0 Å². The zero-order chi connectivity index (χ0) is 13.4. The smallest absolute Gasteiger partial charge is 0.0741 e. The van der Waals surface area contributed by atoms with Crippen LogP contribution in [0.4, 0.5) is 5.69 Å². The summed E-state index contributed by atoms with van der Waals surface area (Å²) in [6.45, 7) is 1.04. The number of fused-ring (bicyclic) bond motifs is 1. The van der Waals surface area contributed by atoms with Gasteiger partial charge in [0.25, 0.3) is 0 Å². The molecule has 1 aromatic heterocycles. The Morgan fingerprint density at radius 3 is 2.80 bits per heavy atom. The fourth-order valence-electron chi connectivity index (χ4n) is 2.76. The van der Waals surface area contributed by atoms with Gasteiger partial charge >= 0.3 is 0 Å². The third-order valence-corrected chi connectivity index (χ3v) is 3.75. The Balaban J connectivity index is 1.82. The second-order valence-corrected chi connectivity index (χ2v) is 5.01. The molecule has 2 heterocycles. The van der Waals surface area contributed by atoms with Crippen LogP contribution in [0.2, 0.25) is 0 Å². The standard InChI is InChI=1S/C17H15N3/c1-2-4-15(5-3-1)20-17(9-11-19-20)14-6-7-16-13(12-14)8-10-18-16/h1-7,9,11-12,18H,8,10H2. The Morgan fingerprint density at radius 2 is 1.90 bits per heavy atom. The molecular formula is C17H15N3. The second kappa shape index (κ2) is 4.53. The summed E-state index contributed by atoms with van der Waals surface area (Å²) in [4.78, 5) is 0. The van der Waals surface area contributed by atoms with Gasteiger partial charge in [-0.2, -0.15) is 5.10 Å². The van der Waals surface area contributed by atoms with E-state index in [1.54, 1.807) is 0 Å². The van der Waals surface area contributed by atoms with E-state index in [9.17, 15) is 0 Å². The Hall–Kier alpha value is -2.55. The third kappa shape index (κ3) is 1.79. The molecule has 1 aliphatic rings. The topological polar surface area (TPSA) is 29.9 Å². The maximum Gasteiger partial charge on any atom is 0.0741 e. The van der Waals surface area contributed by atoms with Gasteiger partial charge in [0.1, 0.15) is 0 Å². The predicted octanol–water partition coefficient (Wildman–Crippen LogP) is 3.51. The van der Waals surface area contributed by atoms with Crippen LogP contribution in [0.25, 0.3) is 16.9 Å². The number of benzene rings is 2. The van der Waals surface area contributed by atoms with Gasteiger partial charge in [-0.25, -0.2) is 4.68 Å². The van der Waals surface area contributed by atoms with Crippen molar-refractivity contribution in [2.45, 2.75) is 6.42 Å². The van der Waals surface area contributed by atoms with Gasteiger partial charge in [-0.1, -0.05) is 24.3 Å². The van der Waals surface area contributed by atoms with Crippen LogP contribution >= 0.6 is 0 Å². The van der Waals surface area contributed by atoms with E-state index in [2.05, 4.69) is 46.8 Å². The maximum atomic E-state index is 4.46. The first-order chi connectivity index (χ1) is 9.92. The van der Waals surface area contributed by atoms with Crippen LogP contribution < -0.4 is 5.32 Å². The summed E-state index contributed by atoms with van der Waals surface area (Å²) in [5.41, 5.74) is 6.09. The zero-order valence-corrected chi connectivity index (χ0v) is 11.1. The summed E-state index contributed by atoms with van der Waals surface area (Å²) >= 11 is 0. The van der Waals surface area contributed by atoms with Crippen LogP contribution in [0.3, 0.4) is 0 Å². The molecule has 3 heteroatoms. The van der Waals surface area contributed by atoms with E-state index in [-0.39, 0.29) is 0 Å². The molecule has 0 spiro atoms. The minimum atomic E-state index is 1.04. The predicted molar refractivity (Wildman–Crippen MR) is 81.2 cm³/mol. The lowest BCUT2D eigenvalue weighted by atomic mass is 10.1. The van der Waals surface area contributed by atoms with Gasteiger partial charge in [-0.3, -0.25) is 0 Å². The molecule has 3 nitrogen and oxygen atoms in total. The average molecular weight is 261 g/mol. The van der Waals surface area contributed by atoms with Crippen LogP contribution in [0, 0.1) is 0 Å². The molecule has 3 aromatic rings. The summed E-state index contributed by atoms with van der Waals surface area (Å²) in [6.07, 6.45) is 2.95. The summed E-state index contributed by atoms with van der Waals surface area (Å²) in [6, 6.07) is 18.9. The Bertz CT molecular complexity index is 744. The van der Waals surface area contributed by atoms with E-state index >= 15 is 0 Å². The summed E-state index contributed by atoms with van der Waals surface area (Å²) in [5.74, 6) is 0. The number of para-hydroxylation sites is 1. The van der Waals surface area contributed by atoms with E-state index in [1.807, 2.05) is 29.1 Å². The van der Waals surface area contributed by atoms with Crippen molar-refractivity contribution in [1.82, 2.24) is 9.78 Å². The van der Waals surface area contributed by atoms with Crippen LogP contribution in [-0.2, 0) is 6.42 Å². The minimum absolute atomic E-state index is 1.04. The highest BCUT2D eigenvalue weighted by Gasteiger charge is 2.13. The first kappa shape index (κ1) is 11.3. The van der Waals surface area contributed by atoms with Gasteiger partial charge in [-0.15, -0.1) is 0 Å². The van der Waals surface area contributed by atoms with Crippen molar-refractivity contribution in [1.29, 1.82) is 0 Å².